The van der Waals surface area contributed by atoms with Crippen molar-refractivity contribution in [1.82, 2.24) is 10.3 Å². The largest absolute Gasteiger partial charge is 0.354 e. The van der Waals surface area contributed by atoms with Gasteiger partial charge in [0, 0.05) is 23.8 Å². The van der Waals surface area contributed by atoms with Gasteiger partial charge in [-0.15, -0.1) is 6.58 Å². The lowest BCUT2D eigenvalue weighted by Crippen LogP contribution is -2.24. The summed E-state index contributed by atoms with van der Waals surface area (Å²) in [4.78, 5) is 17.2. The fourth-order valence-corrected chi connectivity index (χ4v) is 3.04. The molecule has 0 radical (unpaired) electrons. The molecule has 2 N–H and O–H groups in total. The van der Waals surface area contributed by atoms with Gasteiger partial charge in [-0.1, -0.05) is 31.2 Å². The highest BCUT2D eigenvalue weighted by atomic mass is 19.1. The number of aryl methyl sites for hydroxylation is 2. The van der Waals surface area contributed by atoms with Crippen LogP contribution < -0.4 is 10.6 Å². The van der Waals surface area contributed by atoms with Crippen LogP contribution in [0, 0.1) is 12.7 Å². The van der Waals surface area contributed by atoms with Crippen molar-refractivity contribution in [2.24, 2.45) is 0 Å². The minimum absolute atomic E-state index is 0.242. The average Bonchev–Trinajstić information content (AvgIpc) is 2.67. The van der Waals surface area contributed by atoms with Crippen LogP contribution >= 0.6 is 0 Å². The summed E-state index contributed by atoms with van der Waals surface area (Å²) < 4.78 is 13.5. The molecule has 0 aliphatic carbocycles. The maximum Gasteiger partial charge on any atom is 0.255 e. The fraction of sp³-hybridized carbons (Fsp3) is 0.182. The number of hydrogen-bond donors (Lipinski definition) is 2. The Labute approximate surface area is 158 Å². The van der Waals surface area contributed by atoms with E-state index in [0.29, 0.717) is 17.8 Å². The zero-order valence-corrected chi connectivity index (χ0v) is 15.5. The molecular formula is C22H22FN3O. The number of fused-ring (bicyclic) bond motifs is 1. The van der Waals surface area contributed by atoms with Gasteiger partial charge >= 0.3 is 0 Å². The zero-order chi connectivity index (χ0) is 19.4. The number of carbonyl (C=O) groups excluding carboxylic acids is 1. The van der Waals surface area contributed by atoms with E-state index >= 15 is 0 Å². The highest BCUT2D eigenvalue weighted by Gasteiger charge is 2.17. The Morgan fingerprint density at radius 3 is 2.81 bits per heavy atom. The minimum Gasteiger partial charge on any atom is -0.354 e. The molecule has 1 heterocycles. The van der Waals surface area contributed by atoms with Crippen LogP contribution in [0.5, 0.6) is 0 Å². The normalized spacial score (nSPS) is 10.6. The second kappa shape index (κ2) is 7.99. The smallest absolute Gasteiger partial charge is 0.255 e. The quantitative estimate of drug-likeness (QED) is 0.612. The molecule has 0 aliphatic rings. The number of aromatic nitrogens is 1. The second-order valence-corrected chi connectivity index (χ2v) is 6.30. The van der Waals surface area contributed by atoms with E-state index in [4.69, 9.17) is 0 Å². The first-order chi connectivity index (χ1) is 13.0. The number of anilines is 2. The summed E-state index contributed by atoms with van der Waals surface area (Å²) in [7, 11) is 0. The van der Waals surface area contributed by atoms with Crippen molar-refractivity contribution in [3.8, 4) is 0 Å². The van der Waals surface area contributed by atoms with Crippen LogP contribution in [0.25, 0.3) is 10.9 Å². The van der Waals surface area contributed by atoms with Crippen molar-refractivity contribution in [2.45, 2.75) is 20.3 Å². The highest BCUT2D eigenvalue weighted by Crippen LogP contribution is 2.32. The SMILES string of the molecule is C=CCNC(=O)c1cnc2c(CC)cccc2c1Nc1ccc(F)cc1C. The van der Waals surface area contributed by atoms with Gasteiger partial charge in [0.25, 0.3) is 5.91 Å². The van der Waals surface area contributed by atoms with E-state index in [-0.39, 0.29) is 11.7 Å². The van der Waals surface area contributed by atoms with Gasteiger partial charge in [-0.3, -0.25) is 9.78 Å². The molecular weight excluding hydrogens is 341 g/mol. The Morgan fingerprint density at radius 2 is 2.11 bits per heavy atom. The maximum absolute atomic E-state index is 13.5. The van der Waals surface area contributed by atoms with Gasteiger partial charge in [0.15, 0.2) is 0 Å². The number of rotatable bonds is 6. The molecule has 3 rings (SSSR count). The Hall–Kier alpha value is -3.21. The number of halogens is 1. The third-order valence-corrected chi connectivity index (χ3v) is 4.46. The molecule has 3 aromatic rings. The number of hydrogen-bond acceptors (Lipinski definition) is 3. The van der Waals surface area contributed by atoms with Crippen molar-refractivity contribution in [2.75, 3.05) is 11.9 Å². The first kappa shape index (κ1) is 18.6. The molecule has 0 aliphatic heterocycles. The van der Waals surface area contributed by atoms with Crippen molar-refractivity contribution in [3.63, 3.8) is 0 Å². The molecule has 27 heavy (non-hydrogen) atoms. The van der Waals surface area contributed by atoms with E-state index in [1.54, 1.807) is 18.3 Å². The number of amides is 1. The lowest BCUT2D eigenvalue weighted by molar-refractivity contribution is 0.0958. The molecule has 0 saturated carbocycles. The van der Waals surface area contributed by atoms with E-state index in [0.717, 1.165) is 34.1 Å². The summed E-state index contributed by atoms with van der Waals surface area (Å²) in [6, 6.07) is 10.4. The molecule has 1 amide bonds. The summed E-state index contributed by atoms with van der Waals surface area (Å²) in [6.45, 7) is 7.88. The summed E-state index contributed by atoms with van der Waals surface area (Å²) in [5, 5.41) is 6.97. The van der Waals surface area contributed by atoms with Crippen LogP contribution in [0.15, 0.2) is 55.3 Å². The molecule has 2 aromatic carbocycles. The molecule has 138 valence electrons. The van der Waals surface area contributed by atoms with Crippen molar-refractivity contribution in [1.29, 1.82) is 0 Å². The van der Waals surface area contributed by atoms with Crippen molar-refractivity contribution >= 4 is 28.2 Å². The third-order valence-electron chi connectivity index (χ3n) is 4.46. The number of benzene rings is 2. The monoisotopic (exact) mass is 363 g/mol. The molecule has 0 fully saturated rings. The van der Waals surface area contributed by atoms with Gasteiger partial charge in [0.1, 0.15) is 5.82 Å². The predicted octanol–water partition coefficient (Wildman–Crippen LogP) is 4.90. The van der Waals surface area contributed by atoms with Gasteiger partial charge in [0.05, 0.1) is 16.8 Å². The topological polar surface area (TPSA) is 54.0 Å². The van der Waals surface area contributed by atoms with Crippen LogP contribution in [0.1, 0.15) is 28.4 Å². The van der Waals surface area contributed by atoms with Crippen LogP contribution in [0.2, 0.25) is 0 Å². The molecule has 0 unspecified atom stereocenters. The van der Waals surface area contributed by atoms with E-state index in [1.807, 2.05) is 25.1 Å². The Bertz CT molecular complexity index is 1010. The summed E-state index contributed by atoms with van der Waals surface area (Å²) in [5.41, 5.74) is 4.53. The number of pyridine rings is 1. The van der Waals surface area contributed by atoms with Crippen LogP contribution in [0.4, 0.5) is 15.8 Å². The van der Waals surface area contributed by atoms with Gasteiger partial charge in [-0.05, 0) is 42.7 Å². The first-order valence-corrected chi connectivity index (χ1v) is 8.88. The van der Waals surface area contributed by atoms with Gasteiger partial charge in [0.2, 0.25) is 0 Å². The third kappa shape index (κ3) is 3.82. The average molecular weight is 363 g/mol. The summed E-state index contributed by atoms with van der Waals surface area (Å²) in [5.74, 6) is -0.539. The maximum atomic E-state index is 13.5. The summed E-state index contributed by atoms with van der Waals surface area (Å²) in [6.07, 6.45) is 4.04. The van der Waals surface area contributed by atoms with E-state index in [1.165, 1.54) is 12.1 Å². The Morgan fingerprint density at radius 1 is 1.30 bits per heavy atom. The first-order valence-electron chi connectivity index (χ1n) is 8.88. The standard InChI is InChI=1S/C22H22FN3O/c1-4-11-24-22(27)18-13-25-20-15(5-2)7-6-8-17(20)21(18)26-19-10-9-16(23)12-14(19)3/h4,6-10,12-13H,1,5,11H2,2-3H3,(H,24,27)(H,25,26). The number of nitrogens with zero attached hydrogens (tertiary/aromatic N) is 1. The molecule has 0 saturated heterocycles. The number of carbonyl (C=O) groups is 1. The van der Waals surface area contributed by atoms with Gasteiger partial charge < -0.3 is 10.6 Å². The lowest BCUT2D eigenvalue weighted by Gasteiger charge is -2.17. The van der Waals surface area contributed by atoms with Crippen LogP contribution in [-0.4, -0.2) is 17.4 Å². The van der Waals surface area contributed by atoms with Crippen molar-refractivity contribution in [3.05, 3.63) is 77.8 Å². The zero-order valence-electron chi connectivity index (χ0n) is 15.5. The van der Waals surface area contributed by atoms with Crippen LogP contribution in [-0.2, 0) is 6.42 Å². The summed E-state index contributed by atoms with van der Waals surface area (Å²) >= 11 is 0. The van der Waals surface area contributed by atoms with Gasteiger partial charge in [-0.2, -0.15) is 0 Å². The van der Waals surface area contributed by atoms with E-state index in [9.17, 15) is 9.18 Å². The Balaban J connectivity index is 2.18. The number of nitrogens with one attached hydrogen (secondary N) is 2. The van der Waals surface area contributed by atoms with Crippen LogP contribution in [0.3, 0.4) is 0 Å². The van der Waals surface area contributed by atoms with Crippen molar-refractivity contribution < 1.29 is 9.18 Å². The highest BCUT2D eigenvalue weighted by molar-refractivity contribution is 6.08. The minimum atomic E-state index is -0.296. The molecule has 5 heteroatoms. The second-order valence-electron chi connectivity index (χ2n) is 6.30. The van der Waals surface area contributed by atoms with Gasteiger partial charge in [-0.25, -0.2) is 4.39 Å². The fourth-order valence-electron chi connectivity index (χ4n) is 3.04. The van der Waals surface area contributed by atoms with E-state index < -0.39 is 0 Å². The molecule has 0 spiro atoms. The molecule has 1 aromatic heterocycles. The molecule has 0 bridgehead atoms. The molecule has 4 nitrogen and oxygen atoms in total. The molecule has 0 atom stereocenters. The Kier molecular flexibility index (Phi) is 5.50. The predicted molar refractivity (Wildman–Crippen MR) is 108 cm³/mol. The number of para-hydroxylation sites is 1. The van der Waals surface area contributed by atoms with E-state index in [2.05, 4.69) is 29.1 Å². The lowest BCUT2D eigenvalue weighted by atomic mass is 10.0.